The van der Waals surface area contributed by atoms with Crippen LogP contribution in [-0.2, 0) is 0 Å². The number of rotatable bonds is 2. The normalized spacial score (nSPS) is 10.4. The van der Waals surface area contributed by atoms with Crippen LogP contribution in [0.15, 0.2) is 48.5 Å². The largest absolute Gasteiger partial charge is 0.339 e. The highest BCUT2D eigenvalue weighted by Gasteiger charge is 2.07. The molecule has 2 amide bonds. The molecule has 0 radical (unpaired) electrons. The van der Waals surface area contributed by atoms with E-state index in [0.717, 1.165) is 5.52 Å². The smallest absolute Gasteiger partial charge is 0.307 e. The number of hydrogen-bond donors (Lipinski definition) is 2. The van der Waals surface area contributed by atoms with Crippen molar-refractivity contribution in [3.05, 3.63) is 53.6 Å². The fourth-order valence-electron chi connectivity index (χ4n) is 1.74. The van der Waals surface area contributed by atoms with Gasteiger partial charge in [-0.1, -0.05) is 23.7 Å². The number of carbonyl (C=O) groups excluding carboxylic acids is 1. The molecule has 6 nitrogen and oxygen atoms in total. The Balaban J connectivity index is 1.74. The molecule has 0 atom stereocenters. The molecule has 20 heavy (non-hydrogen) atoms. The highest BCUT2D eigenvalue weighted by molar-refractivity contribution is 6.30. The van der Waals surface area contributed by atoms with E-state index in [1.807, 2.05) is 24.3 Å². The molecule has 0 saturated carbocycles. The van der Waals surface area contributed by atoms with E-state index in [1.54, 1.807) is 24.3 Å². The van der Waals surface area contributed by atoms with E-state index in [9.17, 15) is 4.79 Å². The van der Waals surface area contributed by atoms with Gasteiger partial charge in [0.15, 0.2) is 0 Å². The third-order valence-electron chi connectivity index (χ3n) is 2.66. The lowest BCUT2D eigenvalue weighted by Gasteiger charge is -2.07. The lowest BCUT2D eigenvalue weighted by Crippen LogP contribution is -2.28. The summed E-state index contributed by atoms with van der Waals surface area (Å²) in [6, 6.07) is 13.7. The number of halogens is 1. The SMILES string of the molecule is O=C(Nc1ccc(Cl)cc1)Nn1nnc2ccccc21. The topological polar surface area (TPSA) is 71.8 Å². The Labute approximate surface area is 119 Å². The molecule has 0 aliphatic carbocycles. The monoisotopic (exact) mass is 287 g/mol. The average molecular weight is 288 g/mol. The lowest BCUT2D eigenvalue weighted by molar-refractivity contribution is 0.259. The molecular weight excluding hydrogens is 278 g/mol. The van der Waals surface area contributed by atoms with Crippen LogP contribution < -0.4 is 10.7 Å². The van der Waals surface area contributed by atoms with Crippen LogP contribution >= 0.6 is 11.6 Å². The molecule has 0 aliphatic heterocycles. The zero-order valence-corrected chi connectivity index (χ0v) is 11.0. The highest BCUT2D eigenvalue weighted by atomic mass is 35.5. The molecule has 2 N–H and O–H groups in total. The maximum Gasteiger partial charge on any atom is 0.339 e. The summed E-state index contributed by atoms with van der Waals surface area (Å²) in [5.74, 6) is 0. The molecule has 1 heterocycles. The van der Waals surface area contributed by atoms with Crippen LogP contribution in [0, 0.1) is 0 Å². The van der Waals surface area contributed by atoms with Crippen molar-refractivity contribution in [3.8, 4) is 0 Å². The number of amides is 2. The van der Waals surface area contributed by atoms with Crippen molar-refractivity contribution in [3.63, 3.8) is 0 Å². The minimum absolute atomic E-state index is 0.414. The Kier molecular flexibility index (Phi) is 3.22. The first kappa shape index (κ1) is 12.4. The Morgan fingerprint density at radius 1 is 1.10 bits per heavy atom. The van der Waals surface area contributed by atoms with Crippen molar-refractivity contribution < 1.29 is 4.79 Å². The first-order valence-electron chi connectivity index (χ1n) is 5.86. The number of urea groups is 1. The van der Waals surface area contributed by atoms with E-state index < -0.39 is 6.03 Å². The van der Waals surface area contributed by atoms with Crippen molar-refractivity contribution in [1.29, 1.82) is 0 Å². The van der Waals surface area contributed by atoms with E-state index >= 15 is 0 Å². The standard InChI is InChI=1S/C13H10ClN5O/c14-9-5-7-10(8-6-9)15-13(20)17-19-12-4-2-1-3-11(12)16-18-19/h1-8H,(H2,15,17,20). The summed E-state index contributed by atoms with van der Waals surface area (Å²) in [5.41, 5.74) is 4.65. The molecule has 1 aromatic heterocycles. The first-order valence-corrected chi connectivity index (χ1v) is 6.24. The highest BCUT2D eigenvalue weighted by Crippen LogP contribution is 2.13. The molecule has 3 aromatic rings. The summed E-state index contributed by atoms with van der Waals surface area (Å²) in [6.07, 6.45) is 0. The first-order chi connectivity index (χ1) is 9.72. The molecule has 0 fully saturated rings. The van der Waals surface area contributed by atoms with Gasteiger partial charge < -0.3 is 5.32 Å². The van der Waals surface area contributed by atoms with Gasteiger partial charge in [0.1, 0.15) is 11.0 Å². The number of fused-ring (bicyclic) bond motifs is 1. The van der Waals surface area contributed by atoms with E-state index in [2.05, 4.69) is 21.1 Å². The fraction of sp³-hybridized carbons (Fsp3) is 0. The van der Waals surface area contributed by atoms with Gasteiger partial charge in [0.2, 0.25) is 0 Å². The van der Waals surface area contributed by atoms with E-state index in [1.165, 1.54) is 4.79 Å². The third-order valence-corrected chi connectivity index (χ3v) is 2.91. The van der Waals surface area contributed by atoms with Crippen molar-refractivity contribution in [2.24, 2.45) is 0 Å². The van der Waals surface area contributed by atoms with Crippen LogP contribution in [0.5, 0.6) is 0 Å². The number of nitrogens with zero attached hydrogens (tertiary/aromatic N) is 3. The minimum atomic E-state index is -0.414. The van der Waals surface area contributed by atoms with Crippen molar-refractivity contribution >= 4 is 34.4 Å². The summed E-state index contributed by atoms with van der Waals surface area (Å²) in [4.78, 5) is 13.2. The van der Waals surface area contributed by atoms with Crippen LogP contribution in [-0.4, -0.2) is 21.1 Å². The second-order valence-corrected chi connectivity index (χ2v) is 4.50. The molecule has 7 heteroatoms. The van der Waals surface area contributed by atoms with Gasteiger partial charge in [0.05, 0.1) is 0 Å². The molecule has 0 spiro atoms. The molecular formula is C13H10ClN5O. The molecule has 0 unspecified atom stereocenters. The third kappa shape index (κ3) is 2.55. The number of para-hydroxylation sites is 1. The summed E-state index contributed by atoms with van der Waals surface area (Å²) < 4.78 is 0. The van der Waals surface area contributed by atoms with Gasteiger partial charge in [-0.15, -0.1) is 9.89 Å². The zero-order chi connectivity index (χ0) is 13.9. The van der Waals surface area contributed by atoms with Crippen LogP contribution in [0.2, 0.25) is 5.02 Å². The maximum absolute atomic E-state index is 11.9. The quantitative estimate of drug-likeness (QED) is 0.761. The second-order valence-electron chi connectivity index (χ2n) is 4.06. The number of benzene rings is 2. The fourth-order valence-corrected chi connectivity index (χ4v) is 1.87. The van der Waals surface area contributed by atoms with Gasteiger partial charge >= 0.3 is 6.03 Å². The number of nitrogens with one attached hydrogen (secondary N) is 2. The summed E-state index contributed by atoms with van der Waals surface area (Å²) in [6.45, 7) is 0. The van der Waals surface area contributed by atoms with Gasteiger partial charge in [0, 0.05) is 10.7 Å². The van der Waals surface area contributed by atoms with Crippen LogP contribution in [0.25, 0.3) is 11.0 Å². The van der Waals surface area contributed by atoms with Crippen LogP contribution in [0.3, 0.4) is 0 Å². The molecule has 2 aromatic carbocycles. The van der Waals surface area contributed by atoms with Crippen molar-refractivity contribution in [2.75, 3.05) is 10.7 Å². The summed E-state index contributed by atoms with van der Waals surface area (Å²) in [7, 11) is 0. The molecule has 3 rings (SSSR count). The van der Waals surface area contributed by atoms with E-state index in [4.69, 9.17) is 11.6 Å². The average Bonchev–Trinajstić information content (AvgIpc) is 2.85. The van der Waals surface area contributed by atoms with E-state index in [0.29, 0.717) is 16.2 Å². The number of hydrogen-bond acceptors (Lipinski definition) is 3. The van der Waals surface area contributed by atoms with Crippen molar-refractivity contribution in [1.82, 2.24) is 15.1 Å². The van der Waals surface area contributed by atoms with Crippen molar-refractivity contribution in [2.45, 2.75) is 0 Å². The zero-order valence-electron chi connectivity index (χ0n) is 10.2. The molecule has 0 saturated heterocycles. The van der Waals surface area contributed by atoms with Gasteiger partial charge in [0.25, 0.3) is 0 Å². The van der Waals surface area contributed by atoms with Gasteiger partial charge in [-0.2, -0.15) is 0 Å². The predicted molar refractivity (Wildman–Crippen MR) is 77.4 cm³/mol. The van der Waals surface area contributed by atoms with E-state index in [-0.39, 0.29) is 0 Å². The lowest BCUT2D eigenvalue weighted by atomic mass is 10.3. The Hall–Kier alpha value is -2.60. The minimum Gasteiger partial charge on any atom is -0.307 e. The molecule has 0 bridgehead atoms. The molecule has 100 valence electrons. The Bertz CT molecular complexity index is 753. The van der Waals surface area contributed by atoms with Gasteiger partial charge in [-0.3, -0.25) is 0 Å². The Morgan fingerprint density at radius 2 is 1.85 bits per heavy atom. The number of carbonyl (C=O) groups is 1. The summed E-state index contributed by atoms with van der Waals surface area (Å²) in [5, 5.41) is 11.1. The number of aromatic nitrogens is 3. The van der Waals surface area contributed by atoms with Gasteiger partial charge in [-0.25, -0.2) is 10.2 Å². The molecule has 0 aliphatic rings. The predicted octanol–water partition coefficient (Wildman–Crippen LogP) is 2.86. The summed E-state index contributed by atoms with van der Waals surface area (Å²) >= 11 is 5.78. The second kappa shape index (κ2) is 5.18. The van der Waals surface area contributed by atoms with Crippen LogP contribution in [0.1, 0.15) is 0 Å². The van der Waals surface area contributed by atoms with Gasteiger partial charge in [-0.05, 0) is 41.6 Å². The Morgan fingerprint density at radius 3 is 2.65 bits per heavy atom. The number of anilines is 1. The maximum atomic E-state index is 11.9. The van der Waals surface area contributed by atoms with Crippen LogP contribution in [0.4, 0.5) is 10.5 Å².